The van der Waals surface area contributed by atoms with Crippen molar-refractivity contribution in [2.75, 3.05) is 13.2 Å². The van der Waals surface area contributed by atoms with E-state index in [0.717, 1.165) is 83.5 Å². The second kappa shape index (κ2) is 60.1. The highest BCUT2D eigenvalue weighted by Gasteiger charge is 2.19. The van der Waals surface area contributed by atoms with Crippen molar-refractivity contribution >= 4 is 17.9 Å². The van der Waals surface area contributed by atoms with Crippen molar-refractivity contribution in [2.24, 2.45) is 0 Å². The van der Waals surface area contributed by atoms with Crippen LogP contribution in [0.2, 0.25) is 0 Å². The Kier molecular flexibility index (Phi) is 56.4. The summed E-state index contributed by atoms with van der Waals surface area (Å²) in [7, 11) is 0. The Hall–Kier alpha value is -4.45. The summed E-state index contributed by atoms with van der Waals surface area (Å²) in [6.45, 7) is 6.38. The van der Waals surface area contributed by atoms with Gasteiger partial charge in [-0.1, -0.05) is 244 Å². The molecule has 73 heavy (non-hydrogen) atoms. The average molecular weight is 1010 g/mol. The molecule has 6 heteroatoms. The second-order valence-electron chi connectivity index (χ2n) is 19.2. The van der Waals surface area contributed by atoms with E-state index >= 15 is 0 Å². The summed E-state index contributed by atoms with van der Waals surface area (Å²) in [5, 5.41) is 0. The number of carbonyl (C=O) groups excluding carboxylic acids is 3. The van der Waals surface area contributed by atoms with Crippen molar-refractivity contribution in [3.05, 3.63) is 134 Å². The number of rotatable bonds is 52. The first kappa shape index (κ1) is 68.6. The molecule has 0 rings (SSSR count). The van der Waals surface area contributed by atoms with Crippen LogP contribution in [-0.2, 0) is 28.6 Å². The molecule has 0 fully saturated rings. The van der Waals surface area contributed by atoms with Gasteiger partial charge in [0.2, 0.25) is 0 Å². The third-order valence-corrected chi connectivity index (χ3v) is 12.1. The summed E-state index contributed by atoms with van der Waals surface area (Å²) < 4.78 is 16.8. The summed E-state index contributed by atoms with van der Waals surface area (Å²) in [6.07, 6.45) is 84.6. The minimum atomic E-state index is -0.837. The van der Waals surface area contributed by atoms with Gasteiger partial charge < -0.3 is 14.2 Å². The summed E-state index contributed by atoms with van der Waals surface area (Å²) in [4.78, 5) is 38.2. The van der Waals surface area contributed by atoms with Gasteiger partial charge in [-0.15, -0.1) is 0 Å². The van der Waals surface area contributed by atoms with Crippen LogP contribution >= 0.6 is 0 Å². The van der Waals surface area contributed by atoms with Gasteiger partial charge in [0.1, 0.15) is 13.2 Å². The fourth-order valence-electron chi connectivity index (χ4n) is 7.69. The predicted molar refractivity (Wildman–Crippen MR) is 316 cm³/mol. The number of allylic oxidation sites excluding steroid dienone is 22. The Morgan fingerprint density at radius 1 is 0.288 bits per heavy atom. The SMILES string of the molecule is CC/C=C\C/C=C\C/C=C\C/C=C\C/C=C\C/C=C\CCC(=O)OC[C@H](COC(=O)CCC/C=C\C/C=C\C/C=C\C/C=C\CCCCC)OC(=O)CCCCCCCCCCC/C=C\CCCCCCCC. The van der Waals surface area contributed by atoms with Gasteiger partial charge in [0.15, 0.2) is 6.10 Å². The zero-order valence-corrected chi connectivity index (χ0v) is 47.1. The molecule has 0 aliphatic carbocycles. The third-order valence-electron chi connectivity index (χ3n) is 12.1. The fraction of sp³-hybridized carbons (Fsp3) is 0.627. The summed E-state index contributed by atoms with van der Waals surface area (Å²) in [6, 6.07) is 0. The van der Waals surface area contributed by atoms with Gasteiger partial charge in [0, 0.05) is 19.3 Å². The van der Waals surface area contributed by atoms with Crippen LogP contribution in [0.15, 0.2) is 134 Å². The number of ether oxygens (including phenoxy) is 3. The quantitative estimate of drug-likeness (QED) is 0.0261. The van der Waals surface area contributed by atoms with Crippen molar-refractivity contribution in [1.29, 1.82) is 0 Å². The Balaban J connectivity index is 4.59. The smallest absolute Gasteiger partial charge is 0.306 e. The van der Waals surface area contributed by atoms with Crippen molar-refractivity contribution < 1.29 is 28.6 Å². The molecule has 0 saturated heterocycles. The Bertz CT molecular complexity index is 1580. The minimum absolute atomic E-state index is 0.134. The average Bonchev–Trinajstić information content (AvgIpc) is 3.39. The van der Waals surface area contributed by atoms with Crippen LogP contribution in [0.3, 0.4) is 0 Å². The van der Waals surface area contributed by atoms with E-state index in [1.165, 1.54) is 116 Å². The van der Waals surface area contributed by atoms with Gasteiger partial charge in [-0.2, -0.15) is 0 Å². The van der Waals surface area contributed by atoms with E-state index in [-0.39, 0.29) is 44.0 Å². The largest absolute Gasteiger partial charge is 0.462 e. The predicted octanol–water partition coefficient (Wildman–Crippen LogP) is 20.2. The molecule has 0 bridgehead atoms. The highest BCUT2D eigenvalue weighted by Crippen LogP contribution is 2.14. The molecule has 412 valence electrons. The van der Waals surface area contributed by atoms with E-state index in [2.05, 4.69) is 142 Å². The van der Waals surface area contributed by atoms with Gasteiger partial charge in [0.25, 0.3) is 0 Å². The number of hydrogen-bond acceptors (Lipinski definition) is 6. The van der Waals surface area contributed by atoms with Crippen LogP contribution < -0.4 is 0 Å². The standard InChI is InChI=1S/C67H108O6/c1-4-7-10-13-16-19-22-25-28-31-33-36-39-42-45-48-51-54-57-60-66(69)72-63-64(62-71-65(68)59-56-53-50-47-44-41-38-35-30-27-24-21-18-15-12-9-6-3)73-67(70)61-58-55-52-49-46-43-40-37-34-32-29-26-23-20-17-14-11-8-5-2/h7,10,16,18-19,21,25-30,33,36,38,41-42,45,47,50-51,54,64H,4-6,8-9,11-15,17,20,22-24,31-32,34-35,37,39-40,43-44,46,48-49,52-53,55-63H2,1-3H3/b10-7-,19-16-,21-18-,28-25-,29-26-,30-27-,36-33-,41-38-,45-42-,50-47-,54-51-/t64-/m0/s1. The van der Waals surface area contributed by atoms with E-state index in [9.17, 15) is 14.4 Å². The molecule has 0 spiro atoms. The zero-order chi connectivity index (χ0) is 52.9. The van der Waals surface area contributed by atoms with Gasteiger partial charge in [-0.05, 0) is 122 Å². The Labute approximate surface area is 449 Å². The summed E-state index contributed by atoms with van der Waals surface area (Å²) in [5.74, 6) is -1.07. The summed E-state index contributed by atoms with van der Waals surface area (Å²) >= 11 is 0. The zero-order valence-electron chi connectivity index (χ0n) is 47.1. The normalized spacial score (nSPS) is 13.1. The minimum Gasteiger partial charge on any atom is -0.462 e. The number of carbonyl (C=O) groups is 3. The van der Waals surface area contributed by atoms with Crippen LogP contribution in [0, 0.1) is 0 Å². The van der Waals surface area contributed by atoms with E-state index in [4.69, 9.17) is 14.2 Å². The molecule has 0 amide bonds. The maximum absolute atomic E-state index is 12.9. The van der Waals surface area contributed by atoms with E-state index in [1.807, 2.05) is 12.2 Å². The molecule has 0 aliphatic rings. The maximum Gasteiger partial charge on any atom is 0.306 e. The van der Waals surface area contributed by atoms with E-state index in [1.54, 1.807) is 0 Å². The van der Waals surface area contributed by atoms with Crippen molar-refractivity contribution in [1.82, 2.24) is 0 Å². The number of esters is 3. The molecule has 0 aliphatic heterocycles. The van der Waals surface area contributed by atoms with Crippen LogP contribution in [-0.4, -0.2) is 37.2 Å². The lowest BCUT2D eigenvalue weighted by Crippen LogP contribution is -2.30. The molecule has 0 aromatic rings. The van der Waals surface area contributed by atoms with Gasteiger partial charge in [0.05, 0.1) is 0 Å². The molecule has 0 N–H and O–H groups in total. The van der Waals surface area contributed by atoms with Crippen LogP contribution in [0.25, 0.3) is 0 Å². The molecular weight excluding hydrogens is 901 g/mol. The second-order valence-corrected chi connectivity index (χ2v) is 19.2. The fourth-order valence-corrected chi connectivity index (χ4v) is 7.69. The molecule has 6 nitrogen and oxygen atoms in total. The molecule has 0 saturated carbocycles. The Morgan fingerprint density at radius 2 is 0.575 bits per heavy atom. The molecule has 0 aromatic heterocycles. The maximum atomic E-state index is 12.9. The molecule has 0 aromatic carbocycles. The van der Waals surface area contributed by atoms with Crippen molar-refractivity contribution in [2.45, 2.75) is 258 Å². The monoisotopic (exact) mass is 1010 g/mol. The first-order valence-electron chi connectivity index (χ1n) is 29.7. The molecule has 1 atom stereocenters. The third kappa shape index (κ3) is 58.3. The van der Waals surface area contributed by atoms with Gasteiger partial charge in [-0.3, -0.25) is 14.4 Å². The van der Waals surface area contributed by atoms with E-state index < -0.39 is 6.10 Å². The topological polar surface area (TPSA) is 78.9 Å². The van der Waals surface area contributed by atoms with Crippen molar-refractivity contribution in [3.63, 3.8) is 0 Å². The van der Waals surface area contributed by atoms with E-state index in [0.29, 0.717) is 19.3 Å². The molecule has 0 unspecified atom stereocenters. The molecule has 0 radical (unpaired) electrons. The lowest BCUT2D eigenvalue weighted by Gasteiger charge is -2.18. The molecular formula is C67H108O6. The van der Waals surface area contributed by atoms with Crippen molar-refractivity contribution in [3.8, 4) is 0 Å². The number of unbranched alkanes of at least 4 members (excludes halogenated alkanes) is 19. The van der Waals surface area contributed by atoms with Crippen LogP contribution in [0.5, 0.6) is 0 Å². The highest BCUT2D eigenvalue weighted by molar-refractivity contribution is 5.71. The molecule has 0 heterocycles. The first-order valence-corrected chi connectivity index (χ1v) is 29.7. The van der Waals surface area contributed by atoms with Gasteiger partial charge in [-0.25, -0.2) is 0 Å². The highest BCUT2D eigenvalue weighted by atomic mass is 16.6. The van der Waals surface area contributed by atoms with Crippen LogP contribution in [0.1, 0.15) is 252 Å². The number of hydrogen-bond donors (Lipinski definition) is 0. The lowest BCUT2D eigenvalue weighted by molar-refractivity contribution is -0.166. The lowest BCUT2D eigenvalue weighted by atomic mass is 10.1. The first-order chi connectivity index (χ1) is 36.0. The van der Waals surface area contributed by atoms with Gasteiger partial charge >= 0.3 is 17.9 Å². The van der Waals surface area contributed by atoms with Crippen LogP contribution in [0.4, 0.5) is 0 Å². The summed E-state index contributed by atoms with van der Waals surface area (Å²) in [5.41, 5.74) is 0. The Morgan fingerprint density at radius 3 is 1.00 bits per heavy atom.